The average molecular weight is 638 g/mol. The minimum Gasteiger partial charge on any atom is -0.491 e. The highest BCUT2D eigenvalue weighted by atomic mass is 127. The second kappa shape index (κ2) is 13.7. The van der Waals surface area contributed by atoms with Gasteiger partial charge >= 0.3 is 0 Å². The average Bonchev–Trinajstić information content (AvgIpc) is 2.86. The van der Waals surface area contributed by atoms with Gasteiger partial charge in [0.25, 0.3) is 0 Å². The normalized spacial score (nSPS) is 16.7. The van der Waals surface area contributed by atoms with Crippen molar-refractivity contribution in [3.8, 4) is 11.5 Å². The lowest BCUT2D eigenvalue weighted by Crippen LogP contribution is -2.42. The molecule has 35 heavy (non-hydrogen) atoms. The number of nitrogens with zero attached hydrogens (tertiary/aromatic N) is 1. The summed E-state index contributed by atoms with van der Waals surface area (Å²) < 4.78 is 17.7. The Morgan fingerprint density at radius 2 is 1.69 bits per heavy atom. The second-order valence-corrected chi connectivity index (χ2v) is 10.7. The summed E-state index contributed by atoms with van der Waals surface area (Å²) >= 11 is 14.6. The molecule has 1 heterocycles. The molecule has 2 N–H and O–H groups in total. The summed E-state index contributed by atoms with van der Waals surface area (Å²) in [5.74, 6) is 1.41. The second-order valence-electron chi connectivity index (χ2n) is 9.23. The quantitative estimate of drug-likeness (QED) is 0.261. The molecular weight excluding hydrogens is 604 g/mol. The van der Waals surface area contributed by atoms with Crippen molar-refractivity contribution in [1.82, 2.24) is 4.90 Å². The van der Waals surface area contributed by atoms with Crippen molar-refractivity contribution in [1.29, 1.82) is 0 Å². The first-order chi connectivity index (χ1) is 16.7. The van der Waals surface area contributed by atoms with Crippen LogP contribution >= 0.6 is 45.8 Å². The van der Waals surface area contributed by atoms with Crippen molar-refractivity contribution in [2.45, 2.75) is 35.9 Å². The van der Waals surface area contributed by atoms with Crippen LogP contribution < -0.4 is 9.47 Å². The van der Waals surface area contributed by atoms with Crippen LogP contribution in [0, 0.1) is 0 Å². The topological polar surface area (TPSA) is 71.4 Å². The fourth-order valence-corrected chi connectivity index (χ4v) is 4.91. The third-order valence-corrected chi connectivity index (χ3v) is 7.63. The highest BCUT2D eigenvalue weighted by molar-refractivity contribution is 14.1. The Kier molecular flexibility index (Phi) is 11.2. The van der Waals surface area contributed by atoms with E-state index in [0.29, 0.717) is 35.0 Å². The molecule has 1 aliphatic rings. The molecule has 0 spiro atoms. The van der Waals surface area contributed by atoms with Crippen LogP contribution in [0.2, 0.25) is 5.02 Å². The maximum atomic E-state index is 10.3. The molecular formula is C26H34Cl2INO5. The van der Waals surface area contributed by atoms with Crippen LogP contribution in [-0.2, 0) is 14.6 Å². The third kappa shape index (κ3) is 8.09. The van der Waals surface area contributed by atoms with Gasteiger partial charge in [0, 0.05) is 35.0 Å². The van der Waals surface area contributed by atoms with Crippen LogP contribution in [0.3, 0.4) is 0 Å². The first-order valence-electron chi connectivity index (χ1n) is 11.7. The number of halogens is 3. The molecule has 0 saturated carbocycles. The Labute approximate surface area is 231 Å². The van der Waals surface area contributed by atoms with E-state index in [0.717, 1.165) is 35.5 Å². The number of morpholine rings is 1. The predicted molar refractivity (Wildman–Crippen MR) is 149 cm³/mol. The van der Waals surface area contributed by atoms with E-state index in [1.165, 1.54) is 0 Å². The first kappa shape index (κ1) is 28.8. The summed E-state index contributed by atoms with van der Waals surface area (Å²) in [6.45, 7) is 8.32. The van der Waals surface area contributed by atoms with Gasteiger partial charge in [-0.05, 0) is 29.3 Å². The number of aliphatic hydroxyl groups is 2. The summed E-state index contributed by atoms with van der Waals surface area (Å²) in [7, 11) is 0. The number of alkyl halides is 2. The van der Waals surface area contributed by atoms with Gasteiger partial charge in [0.1, 0.15) is 36.9 Å². The molecule has 2 aromatic rings. The summed E-state index contributed by atoms with van der Waals surface area (Å²) in [6, 6.07) is 12.0. The highest BCUT2D eigenvalue weighted by Crippen LogP contribution is 2.39. The number of aliphatic hydroxyl groups excluding tert-OH is 2. The minimum absolute atomic E-state index is 0.0954. The number of hydrogen-bond acceptors (Lipinski definition) is 6. The maximum Gasteiger partial charge on any atom is 0.142 e. The molecule has 0 unspecified atom stereocenters. The van der Waals surface area contributed by atoms with Crippen LogP contribution in [-0.4, -0.2) is 79.3 Å². The SMILES string of the molecule is CC(C)(c1ccc(OC[C@H](O)CN2CCOCC2)cc1)c1cc(Cl)c(OC[C@H](O)CCl)c(CI)c1. The lowest BCUT2D eigenvalue weighted by atomic mass is 9.77. The number of β-amino-alcohol motifs (C(OH)–C–C–N with tert-alkyl or cyclic N) is 1. The summed E-state index contributed by atoms with van der Waals surface area (Å²) in [4.78, 5) is 2.19. The Hall–Kier alpha value is -0.810. The zero-order chi connectivity index (χ0) is 25.4. The van der Waals surface area contributed by atoms with E-state index in [-0.39, 0.29) is 24.5 Å². The van der Waals surface area contributed by atoms with Crippen molar-refractivity contribution in [2.75, 3.05) is 51.9 Å². The van der Waals surface area contributed by atoms with Crippen molar-refractivity contribution in [3.05, 3.63) is 58.1 Å². The minimum atomic E-state index is -0.743. The zero-order valence-electron chi connectivity index (χ0n) is 20.2. The summed E-state index contributed by atoms with van der Waals surface area (Å²) in [5.41, 5.74) is 2.83. The summed E-state index contributed by atoms with van der Waals surface area (Å²) in [6.07, 6.45) is -1.29. The molecule has 2 atom stereocenters. The molecule has 0 aromatic heterocycles. The van der Waals surface area contributed by atoms with E-state index in [2.05, 4.69) is 47.4 Å². The van der Waals surface area contributed by atoms with Crippen molar-refractivity contribution in [3.63, 3.8) is 0 Å². The van der Waals surface area contributed by atoms with Gasteiger partial charge in [-0.25, -0.2) is 0 Å². The molecule has 0 amide bonds. The lowest BCUT2D eigenvalue weighted by molar-refractivity contribution is 0.00465. The van der Waals surface area contributed by atoms with E-state index in [9.17, 15) is 10.2 Å². The molecule has 0 aliphatic carbocycles. The van der Waals surface area contributed by atoms with E-state index in [4.69, 9.17) is 37.4 Å². The molecule has 0 bridgehead atoms. The first-order valence-corrected chi connectivity index (χ1v) is 14.2. The molecule has 3 rings (SSSR count). The van der Waals surface area contributed by atoms with Crippen LogP contribution in [0.25, 0.3) is 0 Å². The monoisotopic (exact) mass is 637 g/mol. The largest absolute Gasteiger partial charge is 0.491 e. The fraction of sp³-hybridized carbons (Fsp3) is 0.538. The highest BCUT2D eigenvalue weighted by Gasteiger charge is 2.26. The van der Waals surface area contributed by atoms with Crippen molar-refractivity contribution >= 4 is 45.8 Å². The van der Waals surface area contributed by atoms with Gasteiger partial charge in [0.15, 0.2) is 0 Å². The van der Waals surface area contributed by atoms with Crippen LogP contribution in [0.5, 0.6) is 11.5 Å². The van der Waals surface area contributed by atoms with Gasteiger partial charge in [-0.2, -0.15) is 0 Å². The maximum absolute atomic E-state index is 10.3. The zero-order valence-corrected chi connectivity index (χ0v) is 23.9. The smallest absolute Gasteiger partial charge is 0.142 e. The van der Waals surface area contributed by atoms with Crippen LogP contribution in [0.1, 0.15) is 30.5 Å². The van der Waals surface area contributed by atoms with Gasteiger partial charge in [-0.3, -0.25) is 4.90 Å². The van der Waals surface area contributed by atoms with Gasteiger partial charge in [-0.1, -0.05) is 66.2 Å². The lowest BCUT2D eigenvalue weighted by Gasteiger charge is -2.29. The molecule has 2 aromatic carbocycles. The number of ether oxygens (including phenoxy) is 3. The molecule has 0 radical (unpaired) electrons. The van der Waals surface area contributed by atoms with Gasteiger partial charge in [-0.15, -0.1) is 11.6 Å². The molecule has 1 aliphatic heterocycles. The van der Waals surface area contributed by atoms with E-state index in [1.807, 2.05) is 30.3 Å². The van der Waals surface area contributed by atoms with Gasteiger partial charge in [0.05, 0.1) is 24.1 Å². The Balaban J connectivity index is 1.66. The molecule has 1 fully saturated rings. The third-order valence-electron chi connectivity index (χ3n) is 6.18. The number of rotatable bonds is 12. The van der Waals surface area contributed by atoms with Crippen LogP contribution in [0.15, 0.2) is 36.4 Å². The van der Waals surface area contributed by atoms with E-state index >= 15 is 0 Å². The van der Waals surface area contributed by atoms with Gasteiger partial charge in [0.2, 0.25) is 0 Å². The number of hydrogen-bond donors (Lipinski definition) is 2. The fourth-order valence-electron chi connectivity index (χ4n) is 3.96. The predicted octanol–water partition coefficient (Wildman–Crippen LogP) is 4.65. The standard InChI is InChI=1S/C26H34Cl2INO5/c1-26(2,20-11-18(14-29)25(24(28)12-20)35-16-21(31)13-27)19-3-5-23(6-4-19)34-17-22(32)15-30-7-9-33-10-8-30/h3-6,11-12,21-22,31-32H,7-10,13-17H2,1-2H3/t21-,22-/m1/s1. The van der Waals surface area contributed by atoms with Crippen LogP contribution in [0.4, 0.5) is 0 Å². The van der Waals surface area contributed by atoms with Crippen molar-refractivity contribution in [2.24, 2.45) is 0 Å². The Morgan fingerprint density at radius 1 is 1.03 bits per heavy atom. The molecule has 6 nitrogen and oxygen atoms in total. The van der Waals surface area contributed by atoms with E-state index < -0.39 is 12.2 Å². The Bertz CT molecular complexity index is 938. The van der Waals surface area contributed by atoms with Gasteiger partial charge < -0.3 is 24.4 Å². The number of benzene rings is 2. The molecule has 1 saturated heterocycles. The van der Waals surface area contributed by atoms with E-state index in [1.54, 1.807) is 0 Å². The van der Waals surface area contributed by atoms with Crippen molar-refractivity contribution < 1.29 is 24.4 Å². The molecule has 9 heteroatoms. The summed E-state index contributed by atoms with van der Waals surface area (Å²) in [5, 5.41) is 20.6. The molecule has 194 valence electrons. The Morgan fingerprint density at radius 3 is 2.31 bits per heavy atom.